The van der Waals surface area contributed by atoms with Gasteiger partial charge in [-0.05, 0) is 12.8 Å². The lowest BCUT2D eigenvalue weighted by atomic mass is 10.1. The zero-order chi connectivity index (χ0) is 16.9. The highest BCUT2D eigenvalue weighted by Gasteiger charge is 2.37. The van der Waals surface area contributed by atoms with Crippen LogP contribution in [0, 0.1) is 10.1 Å². The number of benzene rings is 1. The predicted molar refractivity (Wildman–Crippen MR) is 74.3 cm³/mol. The van der Waals surface area contributed by atoms with E-state index in [1.165, 1.54) is 0 Å². The molecule has 9 heteroatoms. The molecule has 22 heavy (non-hydrogen) atoms. The second kappa shape index (κ2) is 7.41. The zero-order valence-corrected chi connectivity index (χ0v) is 12.4. The molecular weight excluding hydrogens is 303 g/mol. The van der Waals surface area contributed by atoms with Crippen molar-refractivity contribution >= 4 is 17.1 Å². The van der Waals surface area contributed by atoms with Crippen LogP contribution in [-0.2, 0) is 6.18 Å². The largest absolute Gasteiger partial charge is 0.416 e. The van der Waals surface area contributed by atoms with Crippen LogP contribution in [-0.4, -0.2) is 23.2 Å². The maximum atomic E-state index is 12.8. The van der Waals surface area contributed by atoms with Crippen LogP contribution in [0.4, 0.5) is 30.2 Å². The van der Waals surface area contributed by atoms with E-state index in [4.69, 9.17) is 0 Å². The molecule has 6 nitrogen and oxygen atoms in total. The lowest BCUT2D eigenvalue weighted by molar-refractivity contribution is -0.825. The number of nitro benzene ring substituents is 1. The maximum absolute atomic E-state index is 12.8. The highest BCUT2D eigenvalue weighted by atomic mass is 19.4. The summed E-state index contributed by atoms with van der Waals surface area (Å²) in [4.78, 5) is 12.0. The quantitative estimate of drug-likeness (QED) is 0.459. The third-order valence-electron chi connectivity index (χ3n) is 3.09. The summed E-state index contributed by atoms with van der Waals surface area (Å²) in [7, 11) is 0. The lowest BCUT2D eigenvalue weighted by Crippen LogP contribution is -2.74. The summed E-state index contributed by atoms with van der Waals surface area (Å²) >= 11 is 0. The van der Waals surface area contributed by atoms with Gasteiger partial charge in [-0.15, -0.1) is 0 Å². The Labute approximate surface area is 125 Å². The SMILES string of the molecule is CCCN(CCC)c1c([NH2+]O)cc(C(F)(F)F)cc1[N+](=O)[O-]. The molecule has 0 aliphatic heterocycles. The summed E-state index contributed by atoms with van der Waals surface area (Å²) < 4.78 is 38.5. The van der Waals surface area contributed by atoms with Gasteiger partial charge in [-0.3, -0.25) is 10.1 Å². The molecule has 0 radical (unpaired) electrons. The number of halogens is 3. The van der Waals surface area contributed by atoms with Crippen LogP contribution in [0.25, 0.3) is 0 Å². The van der Waals surface area contributed by atoms with Crippen molar-refractivity contribution in [3.8, 4) is 0 Å². The molecule has 1 aromatic rings. The Hall–Kier alpha value is -1.87. The zero-order valence-electron chi connectivity index (χ0n) is 12.4. The number of hydrogen-bond acceptors (Lipinski definition) is 4. The van der Waals surface area contributed by atoms with Gasteiger partial charge in [-0.1, -0.05) is 13.8 Å². The third-order valence-corrected chi connectivity index (χ3v) is 3.09. The van der Waals surface area contributed by atoms with Crippen molar-refractivity contribution in [2.24, 2.45) is 0 Å². The average Bonchev–Trinajstić information content (AvgIpc) is 2.44. The summed E-state index contributed by atoms with van der Waals surface area (Å²) in [6, 6.07) is 1.24. The molecule has 0 saturated heterocycles. The third kappa shape index (κ3) is 4.08. The number of quaternary nitrogens is 1. The Balaban J connectivity index is 3.56. The van der Waals surface area contributed by atoms with E-state index >= 15 is 0 Å². The molecule has 0 aliphatic rings. The number of nitro groups is 1. The topological polar surface area (TPSA) is 83.2 Å². The molecule has 0 amide bonds. The van der Waals surface area contributed by atoms with Gasteiger partial charge in [0, 0.05) is 25.2 Å². The number of anilines is 1. The highest BCUT2D eigenvalue weighted by Crippen LogP contribution is 2.40. The van der Waals surface area contributed by atoms with E-state index in [0.29, 0.717) is 37.5 Å². The van der Waals surface area contributed by atoms with Gasteiger partial charge in [0.05, 0.1) is 10.5 Å². The average molecular weight is 322 g/mol. The van der Waals surface area contributed by atoms with Crippen LogP contribution in [0.5, 0.6) is 0 Å². The van der Waals surface area contributed by atoms with Crippen LogP contribution >= 0.6 is 0 Å². The van der Waals surface area contributed by atoms with Gasteiger partial charge in [-0.25, -0.2) is 5.21 Å². The highest BCUT2D eigenvalue weighted by molar-refractivity contribution is 5.75. The second-order valence-electron chi connectivity index (χ2n) is 4.80. The van der Waals surface area contributed by atoms with Gasteiger partial charge in [0.1, 0.15) is 0 Å². The van der Waals surface area contributed by atoms with Crippen molar-refractivity contribution in [2.45, 2.75) is 32.9 Å². The van der Waals surface area contributed by atoms with Crippen LogP contribution in [0.2, 0.25) is 0 Å². The van der Waals surface area contributed by atoms with Crippen LogP contribution in [0.1, 0.15) is 32.3 Å². The lowest BCUT2D eigenvalue weighted by Gasteiger charge is -2.24. The monoisotopic (exact) mass is 322 g/mol. The standard InChI is InChI=1S/C13H18F3N3O3/c1-3-5-18(6-4-2)12-10(17-20)7-9(13(14,15)16)8-11(12)19(21)22/h7-8,17,20H,3-6H2,1-2H3/p+1. The van der Waals surface area contributed by atoms with Crippen LogP contribution in [0.3, 0.4) is 0 Å². The normalized spacial score (nSPS) is 11.5. The molecule has 0 aliphatic carbocycles. The van der Waals surface area contributed by atoms with Crippen molar-refractivity contribution in [2.75, 3.05) is 18.0 Å². The minimum atomic E-state index is -4.72. The molecule has 0 atom stereocenters. The molecule has 3 N–H and O–H groups in total. The molecule has 1 rings (SSSR count). The van der Waals surface area contributed by atoms with Gasteiger partial charge < -0.3 is 4.90 Å². The molecule has 0 aromatic heterocycles. The second-order valence-corrected chi connectivity index (χ2v) is 4.80. The fourth-order valence-electron chi connectivity index (χ4n) is 2.26. The molecule has 0 heterocycles. The number of alkyl halides is 3. The van der Waals surface area contributed by atoms with E-state index in [2.05, 4.69) is 0 Å². The Morgan fingerprint density at radius 1 is 1.27 bits per heavy atom. The Morgan fingerprint density at radius 2 is 1.82 bits per heavy atom. The van der Waals surface area contributed by atoms with E-state index < -0.39 is 22.4 Å². The van der Waals surface area contributed by atoms with Gasteiger partial charge in [-0.2, -0.15) is 18.7 Å². The summed E-state index contributed by atoms with van der Waals surface area (Å²) in [5.74, 6) is 0. The van der Waals surface area contributed by atoms with E-state index in [1.807, 2.05) is 13.8 Å². The number of rotatable bonds is 7. The maximum Gasteiger partial charge on any atom is 0.416 e. The fourth-order valence-corrected chi connectivity index (χ4v) is 2.26. The summed E-state index contributed by atoms with van der Waals surface area (Å²) in [5, 5.41) is 20.5. The first kappa shape index (κ1) is 18.2. The van der Waals surface area contributed by atoms with Crippen molar-refractivity contribution in [3.63, 3.8) is 0 Å². The van der Waals surface area contributed by atoms with E-state index in [0.717, 1.165) is 6.07 Å². The first-order chi connectivity index (χ1) is 10.3. The van der Waals surface area contributed by atoms with E-state index in [9.17, 15) is 28.5 Å². The first-order valence-corrected chi connectivity index (χ1v) is 6.88. The Kier molecular flexibility index (Phi) is 6.12. The molecule has 0 unspecified atom stereocenters. The molecule has 124 valence electrons. The van der Waals surface area contributed by atoms with Gasteiger partial charge in [0.15, 0.2) is 11.4 Å². The van der Waals surface area contributed by atoms with E-state index in [-0.39, 0.29) is 11.4 Å². The summed E-state index contributed by atoms with van der Waals surface area (Å²) in [5.41, 5.74) is -1.52. The van der Waals surface area contributed by atoms with Crippen molar-refractivity contribution in [3.05, 3.63) is 27.8 Å². The molecule has 0 bridgehead atoms. The van der Waals surface area contributed by atoms with Gasteiger partial charge >= 0.3 is 6.18 Å². The summed E-state index contributed by atoms with van der Waals surface area (Å²) in [6.45, 7) is 4.61. The number of nitrogens with two attached hydrogens (primary N) is 1. The van der Waals surface area contributed by atoms with Crippen LogP contribution < -0.4 is 10.4 Å². The van der Waals surface area contributed by atoms with Crippen molar-refractivity contribution in [1.82, 2.24) is 0 Å². The van der Waals surface area contributed by atoms with Gasteiger partial charge in [0.25, 0.3) is 5.69 Å². The Bertz CT molecular complexity index is 529. The smallest absolute Gasteiger partial charge is 0.361 e. The van der Waals surface area contributed by atoms with Crippen molar-refractivity contribution in [1.29, 1.82) is 0 Å². The van der Waals surface area contributed by atoms with E-state index in [1.54, 1.807) is 4.90 Å². The Morgan fingerprint density at radius 3 is 2.18 bits per heavy atom. The predicted octanol–water partition coefficient (Wildman–Crippen LogP) is 2.82. The minimum Gasteiger partial charge on any atom is -0.361 e. The fraction of sp³-hybridized carbons (Fsp3) is 0.538. The number of nitrogens with zero attached hydrogens (tertiary/aromatic N) is 2. The molecular formula is C13H19F3N3O3+. The molecule has 0 fully saturated rings. The summed E-state index contributed by atoms with van der Waals surface area (Å²) in [6.07, 6.45) is -3.38. The number of hydrogen-bond donors (Lipinski definition) is 2. The van der Waals surface area contributed by atoms with Crippen molar-refractivity contribution < 1.29 is 28.8 Å². The molecule has 1 aromatic carbocycles. The first-order valence-electron chi connectivity index (χ1n) is 6.88. The molecule has 0 saturated carbocycles. The van der Waals surface area contributed by atoms with Crippen LogP contribution in [0.15, 0.2) is 12.1 Å². The molecule has 0 spiro atoms. The minimum absolute atomic E-state index is 0.0178. The van der Waals surface area contributed by atoms with Gasteiger partial charge in [0.2, 0.25) is 0 Å².